The average Bonchev–Trinajstić information content (AvgIpc) is 2.35. The molecule has 0 aliphatic heterocycles. The van der Waals surface area contributed by atoms with Gasteiger partial charge in [-0.3, -0.25) is 0 Å². The van der Waals surface area contributed by atoms with E-state index in [1.54, 1.807) is 11.8 Å². The Morgan fingerprint density at radius 3 is 1.47 bits per heavy atom. The SMILES string of the molecule is CCCOCCOCCOCCOCCSC. The Kier molecular flexibility index (Phi) is 16.4. The molecular weight excluding hydrogens is 240 g/mol. The van der Waals surface area contributed by atoms with Crippen LogP contribution in [0.15, 0.2) is 0 Å². The van der Waals surface area contributed by atoms with Gasteiger partial charge in [0.2, 0.25) is 0 Å². The van der Waals surface area contributed by atoms with Crippen LogP contribution in [-0.4, -0.2) is 64.9 Å². The molecule has 0 spiro atoms. The smallest absolute Gasteiger partial charge is 0.0701 e. The predicted octanol–water partition coefficient (Wildman–Crippen LogP) is 1.83. The van der Waals surface area contributed by atoms with E-state index in [9.17, 15) is 0 Å². The Morgan fingerprint density at radius 2 is 1.06 bits per heavy atom. The van der Waals surface area contributed by atoms with E-state index in [0.717, 1.165) is 25.4 Å². The van der Waals surface area contributed by atoms with Gasteiger partial charge < -0.3 is 18.9 Å². The van der Waals surface area contributed by atoms with E-state index in [1.165, 1.54) is 0 Å². The maximum atomic E-state index is 5.34. The first-order valence-corrected chi connectivity index (χ1v) is 7.61. The lowest BCUT2D eigenvalue weighted by atomic mass is 10.5. The summed E-state index contributed by atoms with van der Waals surface area (Å²) in [7, 11) is 0. The van der Waals surface area contributed by atoms with Gasteiger partial charge in [0.15, 0.2) is 0 Å². The summed E-state index contributed by atoms with van der Waals surface area (Å²) in [6.07, 6.45) is 3.13. The fourth-order valence-corrected chi connectivity index (χ4v) is 1.33. The van der Waals surface area contributed by atoms with E-state index in [4.69, 9.17) is 18.9 Å². The highest BCUT2D eigenvalue weighted by Crippen LogP contribution is 1.90. The highest BCUT2D eigenvalue weighted by Gasteiger charge is 1.92. The fraction of sp³-hybridized carbons (Fsp3) is 1.00. The first kappa shape index (κ1) is 17.2. The lowest BCUT2D eigenvalue weighted by Gasteiger charge is -2.06. The van der Waals surface area contributed by atoms with Crippen molar-refractivity contribution in [2.45, 2.75) is 13.3 Å². The summed E-state index contributed by atoms with van der Waals surface area (Å²) in [6.45, 7) is 7.59. The molecule has 0 heterocycles. The Hall–Kier alpha value is 0.190. The molecule has 0 aliphatic carbocycles. The van der Waals surface area contributed by atoms with Gasteiger partial charge in [0, 0.05) is 12.4 Å². The predicted molar refractivity (Wildman–Crippen MR) is 71.9 cm³/mol. The average molecular weight is 266 g/mol. The molecule has 0 fully saturated rings. The molecule has 0 atom stereocenters. The van der Waals surface area contributed by atoms with Gasteiger partial charge in [-0.05, 0) is 12.7 Å². The zero-order chi connectivity index (χ0) is 12.6. The second kappa shape index (κ2) is 16.2. The summed E-state index contributed by atoms with van der Waals surface area (Å²) in [5.41, 5.74) is 0. The standard InChI is InChI=1S/C12H26O4S/c1-3-4-13-5-6-14-7-8-15-9-10-16-11-12-17-2/h3-12H2,1-2H3. The van der Waals surface area contributed by atoms with Crippen LogP contribution in [0.3, 0.4) is 0 Å². The fourth-order valence-electron chi connectivity index (χ4n) is 1.05. The second-order valence-corrected chi connectivity index (χ2v) is 4.43. The maximum Gasteiger partial charge on any atom is 0.0701 e. The number of thioether (sulfide) groups is 1. The molecule has 104 valence electrons. The maximum absolute atomic E-state index is 5.34. The Bertz CT molecular complexity index is 122. The van der Waals surface area contributed by atoms with E-state index in [1.807, 2.05) is 0 Å². The summed E-state index contributed by atoms with van der Waals surface area (Å²) in [6, 6.07) is 0. The van der Waals surface area contributed by atoms with E-state index in [-0.39, 0.29) is 0 Å². The first-order valence-electron chi connectivity index (χ1n) is 6.21. The second-order valence-electron chi connectivity index (χ2n) is 3.44. The zero-order valence-electron chi connectivity index (χ0n) is 11.1. The molecule has 0 N–H and O–H groups in total. The largest absolute Gasteiger partial charge is 0.379 e. The van der Waals surface area contributed by atoms with Crippen molar-refractivity contribution < 1.29 is 18.9 Å². The lowest BCUT2D eigenvalue weighted by Crippen LogP contribution is -2.12. The number of hydrogen-bond acceptors (Lipinski definition) is 5. The minimum atomic E-state index is 0.625. The molecule has 0 unspecified atom stereocenters. The topological polar surface area (TPSA) is 36.9 Å². The van der Waals surface area contributed by atoms with Crippen LogP contribution in [0.25, 0.3) is 0 Å². The third kappa shape index (κ3) is 16.2. The van der Waals surface area contributed by atoms with Crippen molar-refractivity contribution in [1.29, 1.82) is 0 Å². The van der Waals surface area contributed by atoms with Crippen molar-refractivity contribution in [2.24, 2.45) is 0 Å². The third-order valence-electron chi connectivity index (χ3n) is 1.90. The molecule has 0 saturated heterocycles. The summed E-state index contributed by atoms with van der Waals surface area (Å²) in [4.78, 5) is 0. The molecule has 0 aromatic rings. The Balaban J connectivity index is 2.85. The van der Waals surface area contributed by atoms with Crippen LogP contribution in [0, 0.1) is 0 Å². The number of rotatable bonds is 14. The first-order chi connectivity index (χ1) is 8.41. The van der Waals surface area contributed by atoms with E-state index < -0.39 is 0 Å². The monoisotopic (exact) mass is 266 g/mol. The van der Waals surface area contributed by atoms with E-state index in [0.29, 0.717) is 39.6 Å². The molecule has 0 aromatic carbocycles. The van der Waals surface area contributed by atoms with E-state index in [2.05, 4.69) is 13.2 Å². The Labute approximate surface area is 109 Å². The highest BCUT2D eigenvalue weighted by molar-refractivity contribution is 7.98. The molecule has 17 heavy (non-hydrogen) atoms. The van der Waals surface area contributed by atoms with Gasteiger partial charge >= 0.3 is 0 Å². The van der Waals surface area contributed by atoms with Crippen LogP contribution in [-0.2, 0) is 18.9 Å². The molecule has 0 bridgehead atoms. The van der Waals surface area contributed by atoms with Crippen molar-refractivity contribution >= 4 is 11.8 Å². The minimum Gasteiger partial charge on any atom is -0.379 e. The summed E-state index contributed by atoms with van der Waals surface area (Å²) in [5, 5.41) is 0. The summed E-state index contributed by atoms with van der Waals surface area (Å²) < 4.78 is 21.3. The molecule has 0 rings (SSSR count). The number of ether oxygens (including phenoxy) is 4. The van der Waals surface area contributed by atoms with E-state index >= 15 is 0 Å². The van der Waals surface area contributed by atoms with Gasteiger partial charge in [-0.2, -0.15) is 11.8 Å². The third-order valence-corrected chi connectivity index (χ3v) is 2.47. The normalized spacial score (nSPS) is 10.9. The zero-order valence-corrected chi connectivity index (χ0v) is 11.9. The van der Waals surface area contributed by atoms with Crippen molar-refractivity contribution in [1.82, 2.24) is 0 Å². The van der Waals surface area contributed by atoms with Gasteiger partial charge in [-0.1, -0.05) is 6.92 Å². The molecule has 5 heteroatoms. The molecule has 0 saturated carbocycles. The summed E-state index contributed by atoms with van der Waals surface area (Å²) >= 11 is 1.79. The van der Waals surface area contributed by atoms with Crippen molar-refractivity contribution in [3.05, 3.63) is 0 Å². The van der Waals surface area contributed by atoms with Crippen molar-refractivity contribution in [3.63, 3.8) is 0 Å². The molecule has 0 aliphatic rings. The van der Waals surface area contributed by atoms with Crippen LogP contribution in [0.1, 0.15) is 13.3 Å². The van der Waals surface area contributed by atoms with Crippen molar-refractivity contribution in [2.75, 3.05) is 64.9 Å². The molecule has 0 radical (unpaired) electrons. The van der Waals surface area contributed by atoms with Crippen molar-refractivity contribution in [3.8, 4) is 0 Å². The van der Waals surface area contributed by atoms with Crippen LogP contribution < -0.4 is 0 Å². The molecule has 0 amide bonds. The van der Waals surface area contributed by atoms with Crippen LogP contribution in [0.4, 0.5) is 0 Å². The highest BCUT2D eigenvalue weighted by atomic mass is 32.2. The molecule has 0 aromatic heterocycles. The van der Waals surface area contributed by atoms with Gasteiger partial charge in [0.25, 0.3) is 0 Å². The Morgan fingerprint density at radius 1 is 0.647 bits per heavy atom. The minimum absolute atomic E-state index is 0.625. The van der Waals surface area contributed by atoms with Crippen LogP contribution in [0.5, 0.6) is 0 Å². The quantitative estimate of drug-likeness (QED) is 0.448. The van der Waals surface area contributed by atoms with Gasteiger partial charge in [0.1, 0.15) is 0 Å². The molecule has 4 nitrogen and oxygen atoms in total. The number of hydrogen-bond donors (Lipinski definition) is 0. The van der Waals surface area contributed by atoms with Gasteiger partial charge in [-0.25, -0.2) is 0 Å². The van der Waals surface area contributed by atoms with Gasteiger partial charge in [-0.15, -0.1) is 0 Å². The van der Waals surface area contributed by atoms with Crippen LogP contribution in [0.2, 0.25) is 0 Å². The summed E-state index contributed by atoms with van der Waals surface area (Å²) in [5.74, 6) is 1.04. The van der Waals surface area contributed by atoms with Gasteiger partial charge in [0.05, 0.1) is 46.2 Å². The molecular formula is C12H26O4S. The lowest BCUT2D eigenvalue weighted by molar-refractivity contribution is -0.000132. The van der Waals surface area contributed by atoms with Crippen LogP contribution >= 0.6 is 11.8 Å².